The molecule has 1 aromatic carbocycles. The Bertz CT molecular complexity index is 551. The van der Waals surface area contributed by atoms with E-state index >= 15 is 0 Å². The van der Waals surface area contributed by atoms with Gasteiger partial charge in [-0.05, 0) is 36.5 Å². The highest BCUT2D eigenvalue weighted by atomic mass is 32.2. The molecule has 1 fully saturated rings. The summed E-state index contributed by atoms with van der Waals surface area (Å²) in [5, 5.41) is -0.466. The van der Waals surface area contributed by atoms with Crippen LogP contribution in [-0.2, 0) is 21.2 Å². The third-order valence-electron chi connectivity index (χ3n) is 3.82. The van der Waals surface area contributed by atoms with E-state index in [0.29, 0.717) is 19.4 Å². The average molecular weight is 315 g/mol. The molecule has 1 N–H and O–H groups in total. The van der Waals surface area contributed by atoms with E-state index in [1.54, 1.807) is 12.1 Å². The average Bonchev–Trinajstić information content (AvgIpc) is 2.95. The number of rotatable bonds is 6. The molecule has 2 atom stereocenters. The first-order chi connectivity index (χ1) is 9.88. The van der Waals surface area contributed by atoms with Gasteiger partial charge in [-0.15, -0.1) is 0 Å². The van der Waals surface area contributed by atoms with E-state index in [1.807, 2.05) is 13.8 Å². The molecule has 0 radical (unpaired) electrons. The van der Waals surface area contributed by atoms with Gasteiger partial charge in [-0.3, -0.25) is 0 Å². The van der Waals surface area contributed by atoms with Crippen LogP contribution in [-0.4, -0.2) is 32.9 Å². The van der Waals surface area contributed by atoms with Crippen molar-refractivity contribution >= 4 is 10.0 Å². The van der Waals surface area contributed by atoms with E-state index < -0.39 is 15.3 Å². The minimum atomic E-state index is -3.38. The number of benzene rings is 1. The van der Waals surface area contributed by atoms with Crippen LogP contribution < -0.4 is 4.72 Å². The van der Waals surface area contributed by atoms with Gasteiger partial charge in [0.1, 0.15) is 11.1 Å². The molecule has 0 aliphatic carbocycles. The van der Waals surface area contributed by atoms with Crippen LogP contribution >= 0.6 is 0 Å². The second-order valence-corrected chi connectivity index (χ2v) is 7.82. The quantitative estimate of drug-likeness (QED) is 0.874. The normalized spacial score (nSPS) is 20.9. The third kappa shape index (κ3) is 4.49. The van der Waals surface area contributed by atoms with Crippen LogP contribution in [0.25, 0.3) is 0 Å². The second kappa shape index (κ2) is 6.85. The molecule has 6 heteroatoms. The Hall–Kier alpha value is -0.980. The van der Waals surface area contributed by atoms with Gasteiger partial charge in [-0.1, -0.05) is 26.0 Å². The van der Waals surface area contributed by atoms with Crippen LogP contribution in [0.5, 0.6) is 0 Å². The Balaban J connectivity index is 2.06. The van der Waals surface area contributed by atoms with Crippen LogP contribution in [0.2, 0.25) is 0 Å². The SMILES string of the molecule is CC(C)[C@@H](Cc1ccc(F)cc1)NS(=O)(=O)[C@@H]1CCOC1. The molecule has 4 nitrogen and oxygen atoms in total. The summed E-state index contributed by atoms with van der Waals surface area (Å²) >= 11 is 0. The number of hydrogen-bond donors (Lipinski definition) is 1. The van der Waals surface area contributed by atoms with Crippen molar-refractivity contribution in [3.8, 4) is 0 Å². The summed E-state index contributed by atoms with van der Waals surface area (Å²) in [6.07, 6.45) is 1.08. The number of ether oxygens (including phenoxy) is 1. The molecule has 0 aromatic heterocycles. The lowest BCUT2D eigenvalue weighted by atomic mass is 9.97. The van der Waals surface area contributed by atoms with Gasteiger partial charge >= 0.3 is 0 Å². The number of hydrogen-bond acceptors (Lipinski definition) is 3. The zero-order valence-electron chi connectivity index (χ0n) is 12.4. The molecule has 0 spiro atoms. The summed E-state index contributed by atoms with van der Waals surface area (Å²) in [6, 6.07) is 5.97. The van der Waals surface area contributed by atoms with Gasteiger partial charge in [-0.25, -0.2) is 17.5 Å². The smallest absolute Gasteiger partial charge is 0.217 e. The lowest BCUT2D eigenvalue weighted by molar-refractivity contribution is 0.198. The third-order valence-corrected chi connectivity index (χ3v) is 5.70. The van der Waals surface area contributed by atoms with Crippen LogP contribution in [0.15, 0.2) is 24.3 Å². The lowest BCUT2D eigenvalue weighted by Crippen LogP contribution is -2.44. The topological polar surface area (TPSA) is 55.4 Å². The highest BCUT2D eigenvalue weighted by molar-refractivity contribution is 7.90. The molecular formula is C15H22FNO3S. The van der Waals surface area contributed by atoms with E-state index in [-0.39, 0.29) is 24.4 Å². The van der Waals surface area contributed by atoms with Crippen molar-refractivity contribution in [2.75, 3.05) is 13.2 Å². The highest BCUT2D eigenvalue weighted by Crippen LogP contribution is 2.17. The maximum atomic E-state index is 12.9. The monoisotopic (exact) mass is 315 g/mol. The minimum Gasteiger partial charge on any atom is -0.380 e. The molecule has 118 valence electrons. The molecule has 0 amide bonds. The first-order valence-corrected chi connectivity index (χ1v) is 8.76. The van der Waals surface area contributed by atoms with Crippen molar-refractivity contribution < 1.29 is 17.5 Å². The van der Waals surface area contributed by atoms with Crippen molar-refractivity contribution in [2.45, 2.75) is 38.0 Å². The molecule has 1 aliphatic rings. The fourth-order valence-corrected chi connectivity index (χ4v) is 4.00. The van der Waals surface area contributed by atoms with Crippen molar-refractivity contribution in [3.63, 3.8) is 0 Å². The summed E-state index contributed by atoms with van der Waals surface area (Å²) in [7, 11) is -3.38. The summed E-state index contributed by atoms with van der Waals surface area (Å²) < 4.78 is 45.6. The summed E-state index contributed by atoms with van der Waals surface area (Å²) in [4.78, 5) is 0. The molecule has 0 unspecified atom stereocenters. The Morgan fingerprint density at radius 3 is 2.52 bits per heavy atom. The standard InChI is InChI=1S/C15H22FNO3S/c1-11(2)15(9-12-3-5-13(16)6-4-12)17-21(18,19)14-7-8-20-10-14/h3-6,11,14-15,17H,7-10H2,1-2H3/t14-,15-/m1/s1. The predicted molar refractivity (Wildman–Crippen MR) is 80.0 cm³/mol. The molecule has 1 saturated heterocycles. The fourth-order valence-electron chi connectivity index (χ4n) is 2.35. The molecule has 0 saturated carbocycles. The molecule has 2 rings (SSSR count). The zero-order chi connectivity index (χ0) is 15.5. The van der Waals surface area contributed by atoms with Gasteiger partial charge in [0, 0.05) is 12.6 Å². The van der Waals surface area contributed by atoms with Crippen molar-refractivity contribution in [3.05, 3.63) is 35.6 Å². The van der Waals surface area contributed by atoms with E-state index in [2.05, 4.69) is 4.72 Å². The highest BCUT2D eigenvalue weighted by Gasteiger charge is 2.32. The summed E-state index contributed by atoms with van der Waals surface area (Å²) in [5.41, 5.74) is 0.917. The van der Waals surface area contributed by atoms with Gasteiger partial charge in [0.25, 0.3) is 0 Å². The summed E-state index contributed by atoms with van der Waals surface area (Å²) in [5.74, 6) is -0.143. The fraction of sp³-hybridized carbons (Fsp3) is 0.600. The largest absolute Gasteiger partial charge is 0.380 e. The Morgan fingerprint density at radius 1 is 1.33 bits per heavy atom. The predicted octanol–water partition coefficient (Wildman–Crippen LogP) is 2.10. The van der Waals surface area contributed by atoms with E-state index in [0.717, 1.165) is 5.56 Å². The van der Waals surface area contributed by atoms with E-state index in [4.69, 9.17) is 4.74 Å². The molecule has 0 bridgehead atoms. The zero-order valence-corrected chi connectivity index (χ0v) is 13.2. The van der Waals surface area contributed by atoms with Crippen LogP contribution in [0, 0.1) is 11.7 Å². The first-order valence-electron chi connectivity index (χ1n) is 7.22. The van der Waals surface area contributed by atoms with Gasteiger partial charge in [-0.2, -0.15) is 0 Å². The molecule has 21 heavy (non-hydrogen) atoms. The van der Waals surface area contributed by atoms with Gasteiger partial charge < -0.3 is 4.74 Å². The van der Waals surface area contributed by atoms with Crippen molar-refractivity contribution in [2.24, 2.45) is 5.92 Å². The molecule has 1 aliphatic heterocycles. The Kier molecular flexibility index (Phi) is 5.35. The Labute approximate surface area is 125 Å². The van der Waals surface area contributed by atoms with Crippen LogP contribution in [0.3, 0.4) is 0 Å². The number of halogens is 1. The van der Waals surface area contributed by atoms with Crippen molar-refractivity contribution in [1.82, 2.24) is 4.72 Å². The lowest BCUT2D eigenvalue weighted by Gasteiger charge is -2.24. The number of sulfonamides is 1. The van der Waals surface area contributed by atoms with E-state index in [9.17, 15) is 12.8 Å². The summed E-state index contributed by atoms with van der Waals surface area (Å²) in [6.45, 7) is 4.70. The Morgan fingerprint density at radius 2 is 2.00 bits per heavy atom. The van der Waals surface area contributed by atoms with Crippen LogP contribution in [0.4, 0.5) is 4.39 Å². The van der Waals surface area contributed by atoms with Crippen molar-refractivity contribution in [1.29, 1.82) is 0 Å². The van der Waals surface area contributed by atoms with E-state index in [1.165, 1.54) is 12.1 Å². The second-order valence-electron chi connectivity index (χ2n) is 5.83. The maximum Gasteiger partial charge on any atom is 0.217 e. The first kappa shape index (κ1) is 16.4. The number of nitrogens with one attached hydrogen (secondary N) is 1. The van der Waals surface area contributed by atoms with Gasteiger partial charge in [0.05, 0.1) is 6.61 Å². The van der Waals surface area contributed by atoms with Gasteiger partial charge in [0.15, 0.2) is 0 Å². The maximum absolute atomic E-state index is 12.9. The van der Waals surface area contributed by atoms with Gasteiger partial charge in [0.2, 0.25) is 10.0 Å². The van der Waals surface area contributed by atoms with Crippen LogP contribution in [0.1, 0.15) is 25.8 Å². The minimum absolute atomic E-state index is 0.146. The molecular weight excluding hydrogens is 293 g/mol. The molecule has 1 aromatic rings. The molecule has 1 heterocycles.